The van der Waals surface area contributed by atoms with Crippen LogP contribution in [0.4, 0.5) is 0 Å². The summed E-state index contributed by atoms with van der Waals surface area (Å²) >= 11 is 5.40. The molecule has 1 aliphatic rings. The summed E-state index contributed by atoms with van der Waals surface area (Å²) in [4.78, 5) is 6.09. The second kappa shape index (κ2) is 6.12. The van der Waals surface area contributed by atoms with E-state index in [4.69, 9.17) is 12.2 Å². The van der Waals surface area contributed by atoms with Gasteiger partial charge in [0.05, 0.1) is 13.1 Å². The van der Waals surface area contributed by atoms with Crippen molar-refractivity contribution in [2.45, 2.75) is 33.4 Å². The minimum atomic E-state index is 0.650. The van der Waals surface area contributed by atoms with Gasteiger partial charge in [-0.2, -0.15) is 4.98 Å². The van der Waals surface area contributed by atoms with E-state index in [1.165, 1.54) is 31.5 Å². The number of H-pyrrole nitrogens is 1. The van der Waals surface area contributed by atoms with Crippen molar-refractivity contribution >= 4 is 12.2 Å². The topological polar surface area (TPSA) is 38.0 Å². The summed E-state index contributed by atoms with van der Waals surface area (Å²) < 4.78 is 2.66. The molecule has 1 aliphatic heterocycles. The Hall–Kier alpha value is -1.46. The number of hydrogen-bond donors (Lipinski definition) is 2. The third-order valence-corrected chi connectivity index (χ3v) is 4.68. The molecule has 0 bridgehead atoms. The molecule has 112 valence electrons. The van der Waals surface area contributed by atoms with Crippen LogP contribution in [0.25, 0.3) is 11.4 Å². The molecule has 2 heterocycles. The van der Waals surface area contributed by atoms with Gasteiger partial charge in [-0.15, -0.1) is 0 Å². The van der Waals surface area contributed by atoms with Gasteiger partial charge in [-0.05, 0) is 37.9 Å². The first-order valence-electron chi connectivity index (χ1n) is 7.69. The number of nitrogens with one attached hydrogen (secondary N) is 2. The number of quaternary nitrogens is 1. The van der Waals surface area contributed by atoms with Gasteiger partial charge in [-0.25, -0.2) is 4.68 Å². The number of aromatic nitrogens is 3. The minimum Gasteiger partial charge on any atom is -0.316 e. The van der Waals surface area contributed by atoms with Crippen molar-refractivity contribution in [2.75, 3.05) is 13.1 Å². The van der Waals surface area contributed by atoms with Gasteiger partial charge in [0.2, 0.25) is 4.77 Å². The molecule has 0 saturated carbocycles. The summed E-state index contributed by atoms with van der Waals surface area (Å²) in [5.41, 5.74) is 2.34. The van der Waals surface area contributed by atoms with Crippen molar-refractivity contribution in [3.05, 3.63) is 34.6 Å². The van der Waals surface area contributed by atoms with Crippen LogP contribution in [0, 0.1) is 17.6 Å². The molecule has 2 N–H and O–H groups in total. The summed E-state index contributed by atoms with van der Waals surface area (Å²) in [6.45, 7) is 7.77. The summed E-state index contributed by atoms with van der Waals surface area (Å²) in [6.07, 6.45) is 2.61. The quantitative estimate of drug-likeness (QED) is 0.853. The van der Waals surface area contributed by atoms with Crippen molar-refractivity contribution in [1.29, 1.82) is 0 Å². The van der Waals surface area contributed by atoms with Crippen LogP contribution in [0.5, 0.6) is 0 Å². The fourth-order valence-electron chi connectivity index (χ4n) is 2.86. The van der Waals surface area contributed by atoms with Crippen LogP contribution < -0.4 is 4.90 Å². The Kier molecular flexibility index (Phi) is 4.22. The smallest absolute Gasteiger partial charge is 0.221 e. The maximum Gasteiger partial charge on any atom is 0.221 e. The lowest BCUT2D eigenvalue weighted by molar-refractivity contribution is -0.929. The van der Waals surface area contributed by atoms with Gasteiger partial charge in [-0.1, -0.05) is 36.8 Å². The average molecular weight is 303 g/mol. The summed E-state index contributed by atoms with van der Waals surface area (Å²) in [5, 5.41) is 3.36. The van der Waals surface area contributed by atoms with Gasteiger partial charge in [-0.3, -0.25) is 5.10 Å². The zero-order valence-electron chi connectivity index (χ0n) is 12.7. The third kappa shape index (κ3) is 3.41. The van der Waals surface area contributed by atoms with E-state index in [0.717, 1.165) is 24.0 Å². The Labute approximate surface area is 130 Å². The molecule has 1 fully saturated rings. The predicted molar refractivity (Wildman–Crippen MR) is 86.7 cm³/mol. The maximum atomic E-state index is 5.40. The van der Waals surface area contributed by atoms with Crippen LogP contribution >= 0.6 is 12.2 Å². The number of nitrogens with zero attached hydrogens (tertiary/aromatic N) is 2. The fraction of sp³-hybridized carbons (Fsp3) is 0.500. The van der Waals surface area contributed by atoms with E-state index in [0.29, 0.717) is 4.77 Å². The van der Waals surface area contributed by atoms with E-state index >= 15 is 0 Å². The van der Waals surface area contributed by atoms with Gasteiger partial charge >= 0.3 is 0 Å². The molecule has 0 atom stereocenters. The Balaban J connectivity index is 1.75. The molecule has 2 aromatic rings. The van der Waals surface area contributed by atoms with Gasteiger partial charge in [0.1, 0.15) is 0 Å². The number of likely N-dealkylation sites (tertiary alicyclic amines) is 1. The van der Waals surface area contributed by atoms with E-state index in [1.807, 2.05) is 4.68 Å². The van der Waals surface area contributed by atoms with E-state index < -0.39 is 0 Å². The molecule has 0 aliphatic carbocycles. The van der Waals surface area contributed by atoms with Crippen molar-refractivity contribution in [2.24, 2.45) is 5.92 Å². The molecule has 5 heteroatoms. The molecular weight excluding hydrogens is 280 g/mol. The van der Waals surface area contributed by atoms with Crippen LogP contribution in [0.2, 0.25) is 0 Å². The van der Waals surface area contributed by atoms with Crippen LogP contribution in [-0.4, -0.2) is 27.9 Å². The normalized spacial score (nSPS) is 22.4. The lowest BCUT2D eigenvalue weighted by atomic mass is 10.00. The molecule has 0 unspecified atom stereocenters. The molecule has 0 amide bonds. The Morgan fingerprint density at radius 3 is 2.62 bits per heavy atom. The average Bonchev–Trinajstić information content (AvgIpc) is 2.83. The molecule has 3 rings (SSSR count). The van der Waals surface area contributed by atoms with Crippen molar-refractivity contribution < 1.29 is 4.90 Å². The molecule has 1 aromatic heterocycles. The van der Waals surface area contributed by atoms with E-state index in [-0.39, 0.29) is 0 Å². The zero-order valence-corrected chi connectivity index (χ0v) is 13.5. The van der Waals surface area contributed by atoms with E-state index in [1.54, 1.807) is 4.90 Å². The highest BCUT2D eigenvalue weighted by Gasteiger charge is 2.19. The number of hydrogen-bond acceptors (Lipinski definition) is 2. The number of benzene rings is 1. The lowest BCUT2D eigenvalue weighted by Gasteiger charge is -2.27. The molecule has 0 radical (unpaired) electrons. The SMILES string of the molecule is Cc1ccc(-c2nc(=S)n(C[NH+]3CCC(C)CC3)[nH]2)cc1. The molecule has 0 spiro atoms. The first-order chi connectivity index (χ1) is 10.1. The van der Waals surface area contributed by atoms with E-state index in [2.05, 4.69) is 48.2 Å². The van der Waals surface area contributed by atoms with Gasteiger partial charge in [0.25, 0.3) is 0 Å². The highest BCUT2D eigenvalue weighted by Crippen LogP contribution is 2.15. The Morgan fingerprint density at radius 2 is 1.95 bits per heavy atom. The molecule has 4 nitrogen and oxygen atoms in total. The third-order valence-electron chi connectivity index (χ3n) is 4.37. The monoisotopic (exact) mass is 303 g/mol. The molecule has 21 heavy (non-hydrogen) atoms. The molecular formula is C16H23N4S+. The van der Waals surface area contributed by atoms with Crippen molar-refractivity contribution in [3.8, 4) is 11.4 Å². The molecule has 1 saturated heterocycles. The highest BCUT2D eigenvalue weighted by atomic mass is 32.1. The highest BCUT2D eigenvalue weighted by molar-refractivity contribution is 7.71. The first kappa shape index (κ1) is 14.5. The van der Waals surface area contributed by atoms with Crippen molar-refractivity contribution in [1.82, 2.24) is 14.8 Å². The summed E-state index contributed by atoms with van der Waals surface area (Å²) in [7, 11) is 0. The number of aryl methyl sites for hydroxylation is 1. The minimum absolute atomic E-state index is 0.650. The second-order valence-electron chi connectivity index (χ2n) is 6.24. The number of rotatable bonds is 3. The van der Waals surface area contributed by atoms with E-state index in [9.17, 15) is 0 Å². The predicted octanol–water partition coefficient (Wildman–Crippen LogP) is 2.19. The largest absolute Gasteiger partial charge is 0.316 e. The fourth-order valence-corrected chi connectivity index (χ4v) is 3.06. The summed E-state index contributed by atoms with van der Waals surface area (Å²) in [6, 6.07) is 8.37. The zero-order chi connectivity index (χ0) is 14.8. The van der Waals surface area contributed by atoms with Crippen LogP contribution in [0.15, 0.2) is 24.3 Å². The Morgan fingerprint density at radius 1 is 1.29 bits per heavy atom. The maximum absolute atomic E-state index is 5.40. The van der Waals surface area contributed by atoms with Gasteiger partial charge in [0.15, 0.2) is 12.5 Å². The second-order valence-corrected chi connectivity index (χ2v) is 6.60. The first-order valence-corrected chi connectivity index (χ1v) is 8.10. The van der Waals surface area contributed by atoms with Crippen LogP contribution in [0.1, 0.15) is 25.3 Å². The lowest BCUT2D eigenvalue weighted by Crippen LogP contribution is -3.12. The summed E-state index contributed by atoms with van der Waals surface area (Å²) in [5.74, 6) is 1.73. The van der Waals surface area contributed by atoms with Gasteiger partial charge < -0.3 is 4.90 Å². The van der Waals surface area contributed by atoms with Crippen molar-refractivity contribution in [3.63, 3.8) is 0 Å². The number of aromatic amines is 1. The Bertz CT molecular complexity index is 648. The van der Waals surface area contributed by atoms with Crippen LogP contribution in [0.3, 0.4) is 0 Å². The molecule has 1 aromatic carbocycles. The number of piperidine rings is 1. The standard InChI is InChI=1S/C16H22N4S/c1-12-3-5-14(6-4-12)15-17-16(21)20(18-15)11-19-9-7-13(2)8-10-19/h3-6,13H,7-11H2,1-2H3,(H,17,18,21)/p+1. The van der Waals surface area contributed by atoms with Gasteiger partial charge in [0, 0.05) is 5.56 Å². The van der Waals surface area contributed by atoms with Crippen LogP contribution in [-0.2, 0) is 6.67 Å².